The zero-order valence-electron chi connectivity index (χ0n) is 8.55. The summed E-state index contributed by atoms with van der Waals surface area (Å²) < 4.78 is 39.6. The standard InChI is InChI=1S/C11H8F3N3/c12-5-1-6(10(14)8(13)2-5)7-3-17-4-9(15)11(7)16/h1-4H,15H2,(H2,16,17). The van der Waals surface area contributed by atoms with Gasteiger partial charge in [0.1, 0.15) is 5.82 Å². The minimum atomic E-state index is -1.29. The van der Waals surface area contributed by atoms with E-state index >= 15 is 0 Å². The van der Waals surface area contributed by atoms with E-state index in [1.807, 2.05) is 0 Å². The van der Waals surface area contributed by atoms with E-state index in [-0.39, 0.29) is 22.5 Å². The zero-order valence-corrected chi connectivity index (χ0v) is 8.55. The molecule has 88 valence electrons. The van der Waals surface area contributed by atoms with Gasteiger partial charge in [0.25, 0.3) is 0 Å². The molecule has 0 spiro atoms. The number of aromatic nitrogens is 1. The predicted octanol–water partition coefficient (Wildman–Crippen LogP) is 2.33. The number of halogens is 3. The maximum atomic E-state index is 13.5. The first-order chi connectivity index (χ1) is 8.00. The SMILES string of the molecule is Nc1cncc(-c2cc(F)cc(F)c2F)c1N. The van der Waals surface area contributed by atoms with Crippen LogP contribution in [0, 0.1) is 17.5 Å². The number of nitrogens with two attached hydrogens (primary N) is 2. The number of nitrogens with zero attached hydrogens (tertiary/aromatic N) is 1. The van der Waals surface area contributed by atoms with Crippen molar-refractivity contribution >= 4 is 11.4 Å². The Kier molecular flexibility index (Phi) is 2.63. The van der Waals surface area contributed by atoms with Crippen molar-refractivity contribution < 1.29 is 13.2 Å². The van der Waals surface area contributed by atoms with E-state index in [0.29, 0.717) is 6.07 Å². The van der Waals surface area contributed by atoms with E-state index < -0.39 is 17.5 Å². The molecule has 0 amide bonds. The highest BCUT2D eigenvalue weighted by Gasteiger charge is 2.16. The molecule has 0 aliphatic heterocycles. The first-order valence-corrected chi connectivity index (χ1v) is 4.64. The summed E-state index contributed by atoms with van der Waals surface area (Å²) in [7, 11) is 0. The van der Waals surface area contributed by atoms with Crippen LogP contribution in [0.1, 0.15) is 0 Å². The van der Waals surface area contributed by atoms with Gasteiger partial charge in [0.05, 0.1) is 17.6 Å². The van der Waals surface area contributed by atoms with Gasteiger partial charge in [0.2, 0.25) is 0 Å². The summed E-state index contributed by atoms with van der Waals surface area (Å²) in [4.78, 5) is 3.71. The molecule has 6 heteroatoms. The largest absolute Gasteiger partial charge is 0.396 e. The topological polar surface area (TPSA) is 64.9 Å². The lowest BCUT2D eigenvalue weighted by atomic mass is 10.0. The molecule has 0 saturated carbocycles. The Balaban J connectivity index is 2.73. The normalized spacial score (nSPS) is 10.5. The third-order valence-electron chi connectivity index (χ3n) is 2.30. The molecule has 17 heavy (non-hydrogen) atoms. The molecule has 0 bridgehead atoms. The molecule has 2 aromatic rings. The lowest BCUT2D eigenvalue weighted by Gasteiger charge is -2.09. The number of hydrogen-bond donors (Lipinski definition) is 2. The van der Waals surface area contributed by atoms with Crippen molar-refractivity contribution in [3.63, 3.8) is 0 Å². The molecule has 1 aromatic carbocycles. The summed E-state index contributed by atoms with van der Waals surface area (Å²) >= 11 is 0. The molecule has 0 aliphatic carbocycles. The molecular formula is C11H8F3N3. The molecule has 0 aliphatic rings. The van der Waals surface area contributed by atoms with Crippen LogP contribution >= 0.6 is 0 Å². The molecule has 1 heterocycles. The summed E-state index contributed by atoms with van der Waals surface area (Å²) in [5.74, 6) is -3.38. The lowest BCUT2D eigenvalue weighted by Crippen LogP contribution is -2.00. The number of pyridine rings is 1. The van der Waals surface area contributed by atoms with Crippen molar-refractivity contribution in [3.8, 4) is 11.1 Å². The van der Waals surface area contributed by atoms with Gasteiger partial charge in [-0.2, -0.15) is 0 Å². The molecule has 0 unspecified atom stereocenters. The maximum Gasteiger partial charge on any atom is 0.166 e. The molecule has 0 saturated heterocycles. The van der Waals surface area contributed by atoms with E-state index in [2.05, 4.69) is 4.98 Å². The summed E-state index contributed by atoms with van der Waals surface area (Å²) in [6, 6.07) is 1.29. The second-order valence-corrected chi connectivity index (χ2v) is 3.44. The Bertz CT molecular complexity index is 584. The van der Waals surface area contributed by atoms with Crippen molar-refractivity contribution in [3.05, 3.63) is 42.0 Å². The summed E-state index contributed by atoms with van der Waals surface area (Å²) in [5, 5.41) is 0. The summed E-state index contributed by atoms with van der Waals surface area (Å²) in [6.45, 7) is 0. The van der Waals surface area contributed by atoms with E-state index in [9.17, 15) is 13.2 Å². The smallest absolute Gasteiger partial charge is 0.166 e. The van der Waals surface area contributed by atoms with Gasteiger partial charge < -0.3 is 11.5 Å². The van der Waals surface area contributed by atoms with E-state index in [4.69, 9.17) is 11.5 Å². The molecule has 1 aromatic heterocycles. The molecule has 0 fully saturated rings. The third kappa shape index (κ3) is 1.89. The second kappa shape index (κ2) is 3.97. The third-order valence-corrected chi connectivity index (χ3v) is 2.30. The van der Waals surface area contributed by atoms with E-state index in [0.717, 1.165) is 6.07 Å². The average molecular weight is 239 g/mol. The highest BCUT2D eigenvalue weighted by atomic mass is 19.2. The number of rotatable bonds is 1. The predicted molar refractivity (Wildman–Crippen MR) is 58.4 cm³/mol. The number of hydrogen-bond acceptors (Lipinski definition) is 3. The molecule has 3 nitrogen and oxygen atoms in total. The van der Waals surface area contributed by atoms with Gasteiger partial charge in [-0.15, -0.1) is 0 Å². The Labute approximate surface area is 94.9 Å². The first-order valence-electron chi connectivity index (χ1n) is 4.64. The summed E-state index contributed by atoms with van der Waals surface area (Å²) in [6.07, 6.45) is 2.47. The summed E-state index contributed by atoms with van der Waals surface area (Å²) in [5.41, 5.74) is 11.0. The van der Waals surface area contributed by atoms with Gasteiger partial charge in [-0.3, -0.25) is 4.98 Å². The van der Waals surface area contributed by atoms with Crippen molar-refractivity contribution in [2.75, 3.05) is 11.5 Å². The van der Waals surface area contributed by atoms with Crippen LogP contribution in [0.2, 0.25) is 0 Å². The van der Waals surface area contributed by atoms with Crippen LogP contribution in [0.5, 0.6) is 0 Å². The Morgan fingerprint density at radius 3 is 2.35 bits per heavy atom. The van der Waals surface area contributed by atoms with Crippen LogP contribution in [0.15, 0.2) is 24.5 Å². The van der Waals surface area contributed by atoms with Gasteiger partial charge in [0, 0.05) is 23.4 Å². The van der Waals surface area contributed by atoms with Gasteiger partial charge >= 0.3 is 0 Å². The fraction of sp³-hybridized carbons (Fsp3) is 0. The quantitative estimate of drug-likeness (QED) is 0.750. The van der Waals surface area contributed by atoms with Crippen LogP contribution in [0.4, 0.5) is 24.5 Å². The van der Waals surface area contributed by atoms with Crippen LogP contribution in [0.3, 0.4) is 0 Å². The van der Waals surface area contributed by atoms with E-state index in [1.165, 1.54) is 12.4 Å². The van der Waals surface area contributed by atoms with Crippen LogP contribution in [0.25, 0.3) is 11.1 Å². The fourth-order valence-corrected chi connectivity index (χ4v) is 1.45. The Hall–Kier alpha value is -2.24. The first kappa shape index (κ1) is 11.3. The molecule has 2 rings (SSSR count). The van der Waals surface area contributed by atoms with Crippen molar-refractivity contribution in [1.82, 2.24) is 4.98 Å². The molecular weight excluding hydrogens is 231 g/mol. The van der Waals surface area contributed by atoms with Crippen molar-refractivity contribution in [2.45, 2.75) is 0 Å². The molecule has 0 radical (unpaired) electrons. The Morgan fingerprint density at radius 1 is 0.941 bits per heavy atom. The molecule has 4 N–H and O–H groups in total. The van der Waals surface area contributed by atoms with Crippen LogP contribution < -0.4 is 11.5 Å². The van der Waals surface area contributed by atoms with Gasteiger partial charge in [-0.25, -0.2) is 13.2 Å². The second-order valence-electron chi connectivity index (χ2n) is 3.44. The van der Waals surface area contributed by atoms with Gasteiger partial charge in [-0.1, -0.05) is 0 Å². The number of anilines is 2. The number of nitrogen functional groups attached to an aromatic ring is 2. The zero-order chi connectivity index (χ0) is 12.6. The van der Waals surface area contributed by atoms with Crippen molar-refractivity contribution in [1.29, 1.82) is 0 Å². The van der Waals surface area contributed by atoms with E-state index in [1.54, 1.807) is 0 Å². The molecule has 0 atom stereocenters. The minimum Gasteiger partial charge on any atom is -0.396 e. The van der Waals surface area contributed by atoms with Gasteiger partial charge in [-0.05, 0) is 6.07 Å². The monoisotopic (exact) mass is 239 g/mol. The van der Waals surface area contributed by atoms with Crippen LogP contribution in [-0.2, 0) is 0 Å². The highest BCUT2D eigenvalue weighted by Crippen LogP contribution is 2.32. The van der Waals surface area contributed by atoms with Crippen molar-refractivity contribution in [2.24, 2.45) is 0 Å². The highest BCUT2D eigenvalue weighted by molar-refractivity contribution is 5.83. The Morgan fingerprint density at radius 2 is 1.65 bits per heavy atom. The lowest BCUT2D eigenvalue weighted by molar-refractivity contribution is 0.497. The average Bonchev–Trinajstić information content (AvgIpc) is 2.27. The number of benzene rings is 1. The van der Waals surface area contributed by atoms with Crippen LogP contribution in [-0.4, -0.2) is 4.98 Å². The maximum absolute atomic E-state index is 13.5. The fourth-order valence-electron chi connectivity index (χ4n) is 1.45. The minimum absolute atomic E-state index is 0.0314. The van der Waals surface area contributed by atoms with Gasteiger partial charge in [0.15, 0.2) is 11.6 Å².